The molecule has 0 bridgehead atoms. The van der Waals surface area contributed by atoms with Gasteiger partial charge in [-0.2, -0.15) is 0 Å². The van der Waals surface area contributed by atoms with E-state index < -0.39 is 0 Å². The summed E-state index contributed by atoms with van der Waals surface area (Å²) in [6, 6.07) is 0. The second-order valence-electron chi connectivity index (χ2n) is 5.02. The molecule has 4 atom stereocenters. The molecule has 2 saturated heterocycles. The Morgan fingerprint density at radius 1 is 1.25 bits per heavy atom. The van der Waals surface area contributed by atoms with Crippen molar-refractivity contribution in [3.8, 4) is 0 Å². The lowest BCUT2D eigenvalue weighted by Crippen LogP contribution is -2.27. The quantitative estimate of drug-likeness (QED) is 0.671. The highest BCUT2D eigenvalue weighted by atomic mass is 16.7. The van der Waals surface area contributed by atoms with Gasteiger partial charge in [0.1, 0.15) is 6.10 Å². The zero-order valence-electron chi connectivity index (χ0n) is 9.39. The Balaban J connectivity index is 1.49. The molecule has 0 aromatic rings. The van der Waals surface area contributed by atoms with Gasteiger partial charge in [-0.1, -0.05) is 0 Å². The van der Waals surface area contributed by atoms with Gasteiger partial charge in [0.05, 0.1) is 12.5 Å². The second-order valence-corrected chi connectivity index (χ2v) is 5.02. The van der Waals surface area contributed by atoms with Crippen LogP contribution in [-0.4, -0.2) is 31.1 Å². The van der Waals surface area contributed by atoms with Gasteiger partial charge in [0.15, 0.2) is 6.29 Å². The molecule has 0 radical (unpaired) electrons. The Bertz CT molecular complexity index is 256. The van der Waals surface area contributed by atoms with Crippen LogP contribution in [0.4, 0.5) is 0 Å². The SMILES string of the molecule is O=C1CC2C[C@@H](OC3CCCCO3)C[C@H]2O1. The van der Waals surface area contributed by atoms with Gasteiger partial charge in [0, 0.05) is 18.9 Å². The zero-order valence-corrected chi connectivity index (χ0v) is 9.39. The minimum atomic E-state index is -0.0395. The Hall–Kier alpha value is -0.610. The third-order valence-corrected chi connectivity index (χ3v) is 3.78. The van der Waals surface area contributed by atoms with Crippen molar-refractivity contribution in [2.75, 3.05) is 6.61 Å². The van der Waals surface area contributed by atoms with Crippen molar-refractivity contribution in [2.45, 2.75) is 57.0 Å². The van der Waals surface area contributed by atoms with Crippen LogP contribution in [0.3, 0.4) is 0 Å². The summed E-state index contributed by atoms with van der Waals surface area (Å²) in [5.74, 6) is 0.350. The molecule has 2 unspecified atom stereocenters. The summed E-state index contributed by atoms with van der Waals surface area (Å²) in [7, 11) is 0. The Morgan fingerprint density at radius 3 is 2.94 bits per heavy atom. The first kappa shape index (κ1) is 10.5. The van der Waals surface area contributed by atoms with Crippen molar-refractivity contribution in [3.05, 3.63) is 0 Å². The molecule has 16 heavy (non-hydrogen) atoms. The Labute approximate surface area is 95.2 Å². The third kappa shape index (κ3) is 2.09. The maximum absolute atomic E-state index is 11.1. The molecule has 0 aromatic heterocycles. The first-order valence-corrected chi connectivity index (χ1v) is 6.28. The van der Waals surface area contributed by atoms with Crippen LogP contribution in [0.1, 0.15) is 38.5 Å². The summed E-state index contributed by atoms with van der Waals surface area (Å²) in [6.45, 7) is 0.819. The van der Waals surface area contributed by atoms with Gasteiger partial charge in [-0.15, -0.1) is 0 Å². The monoisotopic (exact) mass is 226 g/mol. The number of ether oxygens (including phenoxy) is 3. The molecule has 3 fully saturated rings. The van der Waals surface area contributed by atoms with Crippen LogP contribution in [0.25, 0.3) is 0 Å². The van der Waals surface area contributed by atoms with Gasteiger partial charge in [-0.25, -0.2) is 0 Å². The van der Waals surface area contributed by atoms with E-state index in [1.54, 1.807) is 0 Å². The number of hydrogen-bond donors (Lipinski definition) is 0. The molecular weight excluding hydrogens is 208 g/mol. The summed E-state index contributed by atoms with van der Waals surface area (Å²) >= 11 is 0. The van der Waals surface area contributed by atoms with E-state index >= 15 is 0 Å². The smallest absolute Gasteiger partial charge is 0.306 e. The standard InChI is InChI=1S/C12H18O4/c13-11-6-8-5-9(7-10(8)16-11)15-12-3-1-2-4-14-12/h8-10,12H,1-7H2/t8?,9-,10-,12?/m1/s1. The Morgan fingerprint density at radius 2 is 2.19 bits per heavy atom. The first-order valence-electron chi connectivity index (χ1n) is 6.28. The lowest BCUT2D eigenvalue weighted by molar-refractivity contribution is -0.188. The van der Waals surface area contributed by atoms with Crippen molar-refractivity contribution in [2.24, 2.45) is 5.92 Å². The average molecular weight is 226 g/mol. The van der Waals surface area contributed by atoms with Crippen molar-refractivity contribution in [1.29, 1.82) is 0 Å². The highest BCUT2D eigenvalue weighted by molar-refractivity contribution is 5.72. The highest BCUT2D eigenvalue weighted by Crippen LogP contribution is 2.38. The third-order valence-electron chi connectivity index (χ3n) is 3.78. The molecule has 4 nitrogen and oxygen atoms in total. The van der Waals surface area contributed by atoms with Gasteiger partial charge in [-0.3, -0.25) is 4.79 Å². The van der Waals surface area contributed by atoms with Gasteiger partial charge in [-0.05, 0) is 25.7 Å². The lowest BCUT2D eigenvalue weighted by atomic mass is 10.1. The molecule has 1 saturated carbocycles. The van der Waals surface area contributed by atoms with E-state index in [4.69, 9.17) is 14.2 Å². The van der Waals surface area contributed by atoms with Gasteiger partial charge in [0.25, 0.3) is 0 Å². The van der Waals surface area contributed by atoms with Crippen LogP contribution in [0, 0.1) is 5.92 Å². The summed E-state index contributed by atoms with van der Waals surface area (Å²) in [6.07, 6.45) is 6.06. The van der Waals surface area contributed by atoms with Crippen LogP contribution < -0.4 is 0 Å². The molecule has 2 aliphatic heterocycles. The zero-order chi connectivity index (χ0) is 11.0. The fourth-order valence-electron chi connectivity index (χ4n) is 2.97. The number of esters is 1. The predicted molar refractivity (Wildman–Crippen MR) is 55.7 cm³/mol. The molecule has 0 spiro atoms. The molecular formula is C12H18O4. The van der Waals surface area contributed by atoms with E-state index in [0.717, 1.165) is 32.3 Å². The van der Waals surface area contributed by atoms with E-state index in [1.165, 1.54) is 6.42 Å². The van der Waals surface area contributed by atoms with Crippen LogP contribution in [-0.2, 0) is 19.0 Å². The fourth-order valence-corrected chi connectivity index (χ4v) is 2.97. The van der Waals surface area contributed by atoms with E-state index in [0.29, 0.717) is 12.3 Å². The van der Waals surface area contributed by atoms with E-state index in [-0.39, 0.29) is 24.5 Å². The molecule has 1 aliphatic carbocycles. The molecule has 90 valence electrons. The highest BCUT2D eigenvalue weighted by Gasteiger charge is 2.44. The Kier molecular flexibility index (Phi) is 2.86. The largest absolute Gasteiger partial charge is 0.462 e. The maximum atomic E-state index is 11.1. The summed E-state index contributed by atoms with van der Waals surface area (Å²) in [5.41, 5.74) is 0. The number of fused-ring (bicyclic) bond motifs is 1. The van der Waals surface area contributed by atoms with Gasteiger partial charge >= 0.3 is 5.97 Å². The van der Waals surface area contributed by atoms with E-state index in [2.05, 4.69) is 0 Å². The average Bonchev–Trinajstić information content (AvgIpc) is 2.76. The molecule has 3 rings (SSSR count). The van der Waals surface area contributed by atoms with Crippen LogP contribution >= 0.6 is 0 Å². The molecule has 3 aliphatic rings. The van der Waals surface area contributed by atoms with E-state index in [1.807, 2.05) is 0 Å². The van der Waals surface area contributed by atoms with E-state index in [9.17, 15) is 4.79 Å². The van der Waals surface area contributed by atoms with Crippen LogP contribution in [0.5, 0.6) is 0 Å². The summed E-state index contributed by atoms with van der Waals surface area (Å²) in [5, 5.41) is 0. The topological polar surface area (TPSA) is 44.8 Å². The maximum Gasteiger partial charge on any atom is 0.306 e. The summed E-state index contributed by atoms with van der Waals surface area (Å²) < 4.78 is 16.7. The number of hydrogen-bond acceptors (Lipinski definition) is 4. The molecule has 2 heterocycles. The van der Waals surface area contributed by atoms with Gasteiger partial charge < -0.3 is 14.2 Å². The van der Waals surface area contributed by atoms with Gasteiger partial charge in [0.2, 0.25) is 0 Å². The van der Waals surface area contributed by atoms with Crippen molar-refractivity contribution < 1.29 is 19.0 Å². The lowest BCUT2D eigenvalue weighted by Gasteiger charge is -2.26. The number of rotatable bonds is 2. The molecule has 0 N–H and O–H groups in total. The normalized spacial score (nSPS) is 43.1. The molecule has 0 aromatic carbocycles. The minimum Gasteiger partial charge on any atom is -0.462 e. The van der Waals surface area contributed by atoms with Crippen molar-refractivity contribution in [1.82, 2.24) is 0 Å². The minimum absolute atomic E-state index is 0.0201. The van der Waals surface area contributed by atoms with Crippen molar-refractivity contribution >= 4 is 5.97 Å². The molecule has 4 heteroatoms. The van der Waals surface area contributed by atoms with Crippen LogP contribution in [0.2, 0.25) is 0 Å². The molecule has 0 amide bonds. The van der Waals surface area contributed by atoms with Crippen LogP contribution in [0.15, 0.2) is 0 Å². The van der Waals surface area contributed by atoms with Crippen molar-refractivity contribution in [3.63, 3.8) is 0 Å². The second kappa shape index (κ2) is 4.34. The fraction of sp³-hybridized carbons (Fsp3) is 0.917. The predicted octanol–water partition coefficient (Wildman–Crippen LogP) is 1.62. The number of carbonyl (C=O) groups is 1. The number of carbonyl (C=O) groups excluding carboxylic acids is 1. The summed E-state index contributed by atoms with van der Waals surface area (Å²) in [4.78, 5) is 11.1. The first-order chi connectivity index (χ1) is 7.81.